The number of aliphatic hydroxyl groups is 1. The number of fused-ring (bicyclic) bond motifs is 2. The minimum atomic E-state index is -3.52. The maximum atomic E-state index is 13.1. The zero-order valence-corrected chi connectivity index (χ0v) is 21.2. The molecular weight excluding hydrogens is 502 g/mol. The van der Waals surface area contributed by atoms with Gasteiger partial charge in [-0.1, -0.05) is 12.1 Å². The number of benzene rings is 2. The summed E-state index contributed by atoms with van der Waals surface area (Å²) in [5, 5.41) is 23.5. The van der Waals surface area contributed by atoms with Crippen LogP contribution in [0.3, 0.4) is 0 Å². The van der Waals surface area contributed by atoms with E-state index in [-0.39, 0.29) is 35.4 Å². The van der Waals surface area contributed by atoms with E-state index >= 15 is 0 Å². The van der Waals surface area contributed by atoms with Crippen LogP contribution >= 0.6 is 0 Å². The van der Waals surface area contributed by atoms with Crippen molar-refractivity contribution in [3.63, 3.8) is 0 Å². The van der Waals surface area contributed by atoms with Crippen LogP contribution in [0.15, 0.2) is 35.1 Å². The van der Waals surface area contributed by atoms with Crippen LogP contribution in [0, 0.1) is 0 Å². The zero-order valence-electron chi connectivity index (χ0n) is 20.3. The number of rotatable bonds is 8. The zero-order chi connectivity index (χ0) is 26.3. The molecule has 1 fully saturated rings. The van der Waals surface area contributed by atoms with Gasteiger partial charge >= 0.3 is 0 Å². The van der Waals surface area contributed by atoms with Gasteiger partial charge in [-0.15, -0.1) is 0 Å². The summed E-state index contributed by atoms with van der Waals surface area (Å²) in [6, 6.07) is 8.29. The number of H-pyrrole nitrogens is 1. The quantitative estimate of drug-likeness (QED) is 0.283. The molecule has 4 aromatic rings. The minimum absolute atomic E-state index is 0.125. The number of ether oxygens (including phenoxy) is 1. The molecule has 13 heteroatoms. The van der Waals surface area contributed by atoms with Gasteiger partial charge < -0.3 is 14.9 Å². The molecule has 3 heterocycles. The van der Waals surface area contributed by atoms with E-state index in [4.69, 9.17) is 8.92 Å². The molecule has 0 amide bonds. The summed E-state index contributed by atoms with van der Waals surface area (Å²) >= 11 is 0. The van der Waals surface area contributed by atoms with Crippen LogP contribution in [-0.2, 0) is 27.5 Å². The number of hydrogen-bond donors (Lipinski definition) is 3. The topological polar surface area (TPSA) is 160 Å². The molecule has 1 aliphatic rings. The summed E-state index contributed by atoms with van der Waals surface area (Å²) in [5.41, 5.74) is 2.37. The molecule has 0 radical (unpaired) electrons. The van der Waals surface area contributed by atoms with E-state index in [0.717, 1.165) is 6.26 Å². The predicted octanol–water partition coefficient (Wildman–Crippen LogP) is 1.20. The van der Waals surface area contributed by atoms with Crippen LogP contribution in [0.25, 0.3) is 33.2 Å². The van der Waals surface area contributed by atoms with Crippen molar-refractivity contribution in [2.24, 2.45) is 0 Å². The van der Waals surface area contributed by atoms with Crippen molar-refractivity contribution in [2.45, 2.75) is 25.7 Å². The molecule has 0 bridgehead atoms. The lowest BCUT2D eigenvalue weighted by atomic mass is 10.1. The number of likely N-dealkylation sites (tertiary alicyclic amines) is 1. The lowest BCUT2D eigenvalue weighted by molar-refractivity contribution is 0.206. The highest BCUT2D eigenvalue weighted by Crippen LogP contribution is 2.35. The molecule has 5 rings (SSSR count). The normalized spacial score (nSPS) is 16.7. The van der Waals surface area contributed by atoms with Gasteiger partial charge in [-0.05, 0) is 30.2 Å². The summed E-state index contributed by atoms with van der Waals surface area (Å²) in [5.74, 6) is 0.0806. The predicted molar refractivity (Wildman–Crippen MR) is 136 cm³/mol. The Balaban J connectivity index is 1.47. The van der Waals surface area contributed by atoms with E-state index in [1.54, 1.807) is 24.3 Å². The highest BCUT2D eigenvalue weighted by Gasteiger charge is 2.26. The summed E-state index contributed by atoms with van der Waals surface area (Å²) in [7, 11) is -2.06. The van der Waals surface area contributed by atoms with E-state index < -0.39 is 10.1 Å². The fourth-order valence-corrected chi connectivity index (χ4v) is 5.35. The largest absolute Gasteiger partial charge is 0.506 e. The number of aliphatic hydroxyl groups excluding tert-OH is 1. The van der Waals surface area contributed by atoms with Gasteiger partial charge in [0.05, 0.1) is 49.0 Å². The second kappa shape index (κ2) is 9.74. The fourth-order valence-electron chi connectivity index (χ4n) is 4.70. The van der Waals surface area contributed by atoms with E-state index in [1.165, 1.54) is 17.9 Å². The Bertz CT molecular complexity index is 1650. The van der Waals surface area contributed by atoms with Gasteiger partial charge in [0.15, 0.2) is 0 Å². The number of aromatic amines is 1. The van der Waals surface area contributed by atoms with Crippen LogP contribution in [0.2, 0.25) is 0 Å². The monoisotopic (exact) mass is 529 g/mol. The molecule has 1 atom stereocenters. The summed E-state index contributed by atoms with van der Waals surface area (Å²) < 4.78 is 34.9. The molecule has 2 aromatic heterocycles. The lowest BCUT2D eigenvalue weighted by Crippen LogP contribution is -2.30. The number of hydrogen-bond acceptors (Lipinski definition) is 10. The summed E-state index contributed by atoms with van der Waals surface area (Å²) in [6.07, 6.45) is 1.26. The molecule has 3 N–H and O–H groups in total. The van der Waals surface area contributed by atoms with Crippen molar-refractivity contribution in [3.05, 3.63) is 46.2 Å². The molecule has 0 saturated carbocycles. The van der Waals surface area contributed by atoms with Crippen LogP contribution in [0.1, 0.15) is 12.0 Å². The van der Waals surface area contributed by atoms with E-state index in [0.29, 0.717) is 65.8 Å². The van der Waals surface area contributed by atoms with Crippen molar-refractivity contribution >= 4 is 32.1 Å². The Morgan fingerprint density at radius 2 is 2.03 bits per heavy atom. The van der Waals surface area contributed by atoms with Crippen LogP contribution in [0.5, 0.6) is 11.6 Å². The smallest absolute Gasteiger partial charge is 0.274 e. The number of phenolic OH excluding ortho intramolecular Hbond substituents is 1. The number of aromatic hydroxyl groups is 1. The van der Waals surface area contributed by atoms with Gasteiger partial charge in [0.2, 0.25) is 5.88 Å². The SMILES string of the molecule is COc1nc2cc(CO)cc(O)c2nc1-c1cccc2c(=O)n(CCN3CC[C@@H](OS(C)(=O)=O)C3)[nH]c12. The Morgan fingerprint density at radius 1 is 1.22 bits per heavy atom. The Hall–Kier alpha value is -3.52. The number of nitrogens with one attached hydrogen (secondary N) is 1. The first-order valence-corrected chi connectivity index (χ1v) is 13.5. The fraction of sp³-hybridized carbons (Fsp3) is 0.375. The summed E-state index contributed by atoms with van der Waals surface area (Å²) in [6.45, 7) is 1.78. The molecule has 1 aliphatic heterocycles. The number of aromatic nitrogens is 4. The first kappa shape index (κ1) is 25.1. The lowest BCUT2D eigenvalue weighted by Gasteiger charge is -2.15. The molecular formula is C24H27N5O7S. The molecule has 12 nitrogen and oxygen atoms in total. The van der Waals surface area contributed by atoms with E-state index in [1.807, 2.05) is 0 Å². The molecule has 0 unspecified atom stereocenters. The van der Waals surface area contributed by atoms with Crippen molar-refractivity contribution < 1.29 is 27.6 Å². The van der Waals surface area contributed by atoms with E-state index in [9.17, 15) is 23.4 Å². The Labute approximate surface area is 212 Å². The van der Waals surface area contributed by atoms with Crippen molar-refractivity contribution in [1.29, 1.82) is 0 Å². The third-order valence-electron chi connectivity index (χ3n) is 6.38. The number of phenols is 1. The average molecular weight is 530 g/mol. The third-order valence-corrected chi connectivity index (χ3v) is 7.00. The first-order valence-electron chi connectivity index (χ1n) is 11.7. The first-order chi connectivity index (χ1) is 17.7. The van der Waals surface area contributed by atoms with Crippen molar-refractivity contribution in [1.82, 2.24) is 24.6 Å². The average Bonchev–Trinajstić information content (AvgIpc) is 3.44. The Kier molecular flexibility index (Phi) is 6.62. The van der Waals surface area contributed by atoms with Gasteiger partial charge in [-0.2, -0.15) is 8.42 Å². The molecule has 0 aliphatic carbocycles. The third kappa shape index (κ3) is 5.03. The van der Waals surface area contributed by atoms with Gasteiger partial charge in [0.1, 0.15) is 17.0 Å². The molecule has 2 aromatic carbocycles. The second-order valence-electron chi connectivity index (χ2n) is 9.03. The number of nitrogens with zero attached hydrogens (tertiary/aromatic N) is 4. The second-order valence-corrected chi connectivity index (χ2v) is 10.6. The van der Waals surface area contributed by atoms with Crippen molar-refractivity contribution in [2.75, 3.05) is 33.0 Å². The molecule has 1 saturated heterocycles. The molecule has 196 valence electrons. The van der Waals surface area contributed by atoms with Crippen molar-refractivity contribution in [3.8, 4) is 22.9 Å². The van der Waals surface area contributed by atoms with Crippen LogP contribution < -0.4 is 10.3 Å². The van der Waals surface area contributed by atoms with Gasteiger partial charge in [-0.3, -0.25) is 23.7 Å². The Morgan fingerprint density at radius 3 is 2.76 bits per heavy atom. The van der Waals surface area contributed by atoms with E-state index in [2.05, 4.69) is 20.0 Å². The van der Waals surface area contributed by atoms with Gasteiger partial charge in [-0.25, -0.2) is 9.97 Å². The van der Waals surface area contributed by atoms with Crippen LogP contribution in [0.4, 0.5) is 0 Å². The molecule has 37 heavy (non-hydrogen) atoms. The maximum absolute atomic E-state index is 13.1. The van der Waals surface area contributed by atoms with Crippen LogP contribution in [-0.4, -0.2) is 82.4 Å². The molecule has 0 spiro atoms. The minimum Gasteiger partial charge on any atom is -0.506 e. The maximum Gasteiger partial charge on any atom is 0.274 e. The number of para-hydroxylation sites is 1. The highest BCUT2D eigenvalue weighted by atomic mass is 32.2. The van der Waals surface area contributed by atoms with Gasteiger partial charge in [0, 0.05) is 25.2 Å². The standard InChI is InChI=1S/C24H27N5O7S/c1-35-23-21(26-22-18(25-23)10-14(13-30)11-19(22)31)16-4-3-5-17-20(16)27-29(24(17)32)9-8-28-7-6-15(12-28)36-37(2,33)34/h3-5,10-11,15,27,30-31H,6-9,12-13H2,1-2H3/t15-/m1/s1. The van der Waals surface area contributed by atoms with Gasteiger partial charge in [0.25, 0.3) is 15.7 Å². The summed E-state index contributed by atoms with van der Waals surface area (Å²) in [4.78, 5) is 24.3. The highest BCUT2D eigenvalue weighted by molar-refractivity contribution is 7.86. The number of methoxy groups -OCH3 is 1.